The molecule has 3 aromatic carbocycles. The summed E-state index contributed by atoms with van der Waals surface area (Å²) in [5.41, 5.74) is 3.41. The van der Waals surface area contributed by atoms with Crippen molar-refractivity contribution >= 4 is 29.3 Å². The summed E-state index contributed by atoms with van der Waals surface area (Å²) in [5, 5.41) is 2.86. The molecule has 158 valence electrons. The molecule has 1 heterocycles. The molecule has 0 aromatic heterocycles. The number of nitrogens with zero attached hydrogens (tertiary/aromatic N) is 1. The molecule has 1 aliphatic rings. The highest BCUT2D eigenvalue weighted by Gasteiger charge is 2.32. The molecule has 4 rings (SSSR count). The molecular weight excluding hydrogens is 408 g/mol. The van der Waals surface area contributed by atoms with Crippen LogP contribution in [0.5, 0.6) is 5.75 Å². The van der Waals surface area contributed by atoms with E-state index in [1.54, 1.807) is 11.8 Å². The van der Waals surface area contributed by atoms with Crippen LogP contribution >= 0.6 is 11.8 Å². The average Bonchev–Trinajstić information content (AvgIpc) is 3.16. The minimum Gasteiger partial charge on any atom is -0.494 e. The highest BCUT2D eigenvalue weighted by atomic mass is 32.2. The van der Waals surface area contributed by atoms with Gasteiger partial charge in [-0.15, -0.1) is 11.8 Å². The van der Waals surface area contributed by atoms with E-state index in [-0.39, 0.29) is 17.2 Å². The average molecular weight is 433 g/mol. The van der Waals surface area contributed by atoms with Crippen LogP contribution in [0.4, 0.5) is 5.69 Å². The van der Waals surface area contributed by atoms with Crippen LogP contribution < -0.4 is 10.1 Å². The van der Waals surface area contributed by atoms with Crippen molar-refractivity contribution in [2.45, 2.75) is 18.8 Å². The SMILES string of the molecule is CCOc1ccc(NC(=O)c2ccc([C@H]3SCC(=O)N3Cc3ccccc3)cc2)cc1. The van der Waals surface area contributed by atoms with E-state index in [0.29, 0.717) is 30.2 Å². The van der Waals surface area contributed by atoms with Gasteiger partial charge in [0.15, 0.2) is 0 Å². The third-order valence-corrected chi connectivity index (χ3v) is 6.30. The fraction of sp³-hybridized carbons (Fsp3) is 0.200. The fourth-order valence-corrected chi connectivity index (χ4v) is 4.67. The van der Waals surface area contributed by atoms with Crippen LogP contribution in [0.15, 0.2) is 78.9 Å². The molecule has 0 radical (unpaired) electrons. The Bertz CT molecular complexity index is 1040. The van der Waals surface area contributed by atoms with E-state index < -0.39 is 0 Å². The maximum Gasteiger partial charge on any atom is 0.255 e. The number of hydrogen-bond acceptors (Lipinski definition) is 4. The second-order valence-electron chi connectivity index (χ2n) is 7.20. The minimum atomic E-state index is -0.174. The van der Waals surface area contributed by atoms with Crippen molar-refractivity contribution in [3.63, 3.8) is 0 Å². The summed E-state index contributed by atoms with van der Waals surface area (Å²) < 4.78 is 5.42. The normalized spacial score (nSPS) is 15.7. The summed E-state index contributed by atoms with van der Waals surface area (Å²) in [6, 6.07) is 24.8. The standard InChI is InChI=1S/C25H24N2O3S/c1-2-30-22-14-12-21(13-15-22)26-24(29)19-8-10-20(11-9-19)25-27(23(28)17-31-25)16-18-6-4-3-5-7-18/h3-15,25H,2,16-17H2,1H3,(H,26,29)/t25-/m1/s1. The number of benzene rings is 3. The Morgan fingerprint density at radius 1 is 1.03 bits per heavy atom. The first-order chi connectivity index (χ1) is 15.1. The van der Waals surface area contributed by atoms with E-state index in [9.17, 15) is 9.59 Å². The number of anilines is 1. The first kappa shape index (κ1) is 21.0. The van der Waals surface area contributed by atoms with Gasteiger partial charge in [0, 0.05) is 17.8 Å². The monoisotopic (exact) mass is 432 g/mol. The lowest BCUT2D eigenvalue weighted by Gasteiger charge is -2.24. The van der Waals surface area contributed by atoms with Crippen LogP contribution in [0, 0.1) is 0 Å². The molecule has 5 nitrogen and oxygen atoms in total. The summed E-state index contributed by atoms with van der Waals surface area (Å²) >= 11 is 1.62. The van der Waals surface area contributed by atoms with Gasteiger partial charge in [-0.1, -0.05) is 42.5 Å². The van der Waals surface area contributed by atoms with Crippen molar-refractivity contribution in [1.82, 2.24) is 4.90 Å². The Kier molecular flexibility index (Phi) is 6.57. The van der Waals surface area contributed by atoms with Crippen molar-refractivity contribution in [1.29, 1.82) is 0 Å². The molecule has 0 spiro atoms. The number of carbonyl (C=O) groups is 2. The Morgan fingerprint density at radius 3 is 2.42 bits per heavy atom. The van der Waals surface area contributed by atoms with Gasteiger partial charge in [-0.25, -0.2) is 0 Å². The number of hydrogen-bond donors (Lipinski definition) is 1. The molecule has 6 heteroatoms. The minimum absolute atomic E-state index is 0.0454. The zero-order chi connectivity index (χ0) is 21.6. The molecule has 31 heavy (non-hydrogen) atoms. The number of thioether (sulfide) groups is 1. The van der Waals surface area contributed by atoms with Gasteiger partial charge in [-0.05, 0) is 54.4 Å². The number of carbonyl (C=O) groups excluding carboxylic acids is 2. The van der Waals surface area contributed by atoms with Crippen LogP contribution in [-0.2, 0) is 11.3 Å². The van der Waals surface area contributed by atoms with Crippen LogP contribution in [0.3, 0.4) is 0 Å². The Morgan fingerprint density at radius 2 is 1.74 bits per heavy atom. The van der Waals surface area contributed by atoms with E-state index in [2.05, 4.69) is 5.32 Å². The summed E-state index contributed by atoms with van der Waals surface area (Å²) in [6.45, 7) is 3.11. The van der Waals surface area contributed by atoms with Crippen molar-refractivity contribution in [3.8, 4) is 5.75 Å². The third-order valence-electron chi connectivity index (χ3n) is 5.05. The van der Waals surface area contributed by atoms with E-state index in [1.807, 2.05) is 90.7 Å². The van der Waals surface area contributed by atoms with Gasteiger partial charge in [-0.3, -0.25) is 9.59 Å². The lowest BCUT2D eigenvalue weighted by atomic mass is 10.1. The highest BCUT2D eigenvalue weighted by molar-refractivity contribution is 8.00. The van der Waals surface area contributed by atoms with E-state index >= 15 is 0 Å². The number of amides is 2. The van der Waals surface area contributed by atoms with Crippen molar-refractivity contribution in [2.75, 3.05) is 17.7 Å². The third kappa shape index (κ3) is 5.09. The first-order valence-corrected chi connectivity index (χ1v) is 11.3. The maximum atomic E-state index is 12.6. The van der Waals surface area contributed by atoms with Crippen LogP contribution in [-0.4, -0.2) is 29.1 Å². The topological polar surface area (TPSA) is 58.6 Å². The summed E-state index contributed by atoms with van der Waals surface area (Å²) in [5.74, 6) is 1.20. The second-order valence-corrected chi connectivity index (χ2v) is 8.27. The predicted octanol–water partition coefficient (Wildman–Crippen LogP) is 5.11. The number of ether oxygens (including phenoxy) is 1. The predicted molar refractivity (Wildman–Crippen MR) is 124 cm³/mol. The molecule has 0 unspecified atom stereocenters. The summed E-state index contributed by atoms with van der Waals surface area (Å²) in [7, 11) is 0. The zero-order valence-electron chi connectivity index (χ0n) is 17.3. The van der Waals surface area contributed by atoms with Gasteiger partial charge in [-0.2, -0.15) is 0 Å². The van der Waals surface area contributed by atoms with Crippen molar-refractivity contribution in [3.05, 3.63) is 95.6 Å². The van der Waals surface area contributed by atoms with E-state index in [0.717, 1.165) is 16.9 Å². The van der Waals surface area contributed by atoms with Gasteiger partial charge in [0.25, 0.3) is 5.91 Å². The molecular formula is C25H24N2O3S. The highest BCUT2D eigenvalue weighted by Crippen LogP contribution is 2.39. The van der Waals surface area contributed by atoms with Crippen LogP contribution in [0.1, 0.15) is 33.8 Å². The molecule has 1 atom stereocenters. The van der Waals surface area contributed by atoms with Crippen LogP contribution in [0.25, 0.3) is 0 Å². The maximum absolute atomic E-state index is 12.6. The van der Waals surface area contributed by atoms with E-state index in [4.69, 9.17) is 4.74 Å². The molecule has 1 N–H and O–H groups in total. The smallest absolute Gasteiger partial charge is 0.255 e. The largest absolute Gasteiger partial charge is 0.494 e. The van der Waals surface area contributed by atoms with Gasteiger partial charge >= 0.3 is 0 Å². The number of rotatable bonds is 7. The molecule has 1 aliphatic heterocycles. The Balaban J connectivity index is 1.43. The van der Waals surface area contributed by atoms with E-state index in [1.165, 1.54) is 0 Å². The summed E-state index contributed by atoms with van der Waals surface area (Å²) in [4.78, 5) is 26.9. The van der Waals surface area contributed by atoms with Crippen molar-refractivity contribution < 1.29 is 14.3 Å². The molecule has 0 saturated carbocycles. The fourth-order valence-electron chi connectivity index (χ4n) is 3.48. The molecule has 0 aliphatic carbocycles. The lowest BCUT2D eigenvalue weighted by Crippen LogP contribution is -2.27. The molecule has 1 fully saturated rings. The van der Waals surface area contributed by atoms with Gasteiger partial charge < -0.3 is 15.0 Å². The first-order valence-electron chi connectivity index (χ1n) is 10.2. The quantitative estimate of drug-likeness (QED) is 0.564. The Labute approximate surface area is 186 Å². The molecule has 1 saturated heterocycles. The van der Waals surface area contributed by atoms with Gasteiger partial charge in [0.05, 0.1) is 12.4 Å². The lowest BCUT2D eigenvalue weighted by molar-refractivity contribution is -0.128. The molecule has 3 aromatic rings. The molecule has 2 amide bonds. The van der Waals surface area contributed by atoms with Crippen LogP contribution in [0.2, 0.25) is 0 Å². The number of nitrogens with one attached hydrogen (secondary N) is 1. The molecule has 0 bridgehead atoms. The van der Waals surface area contributed by atoms with Gasteiger partial charge in [0.1, 0.15) is 11.1 Å². The van der Waals surface area contributed by atoms with Gasteiger partial charge in [0.2, 0.25) is 5.91 Å². The summed E-state index contributed by atoms with van der Waals surface area (Å²) in [6.07, 6.45) is 0. The zero-order valence-corrected chi connectivity index (χ0v) is 18.1. The Hall–Kier alpha value is -3.25. The van der Waals surface area contributed by atoms with Crippen molar-refractivity contribution in [2.24, 2.45) is 0 Å². The second kappa shape index (κ2) is 9.71.